The number of phenolic OH excluding ortho intramolecular Hbond substituents is 1. The SMILES string of the molecule is CCCN(CC#N)C(=O)c1cc(O)ccc1Cl. The van der Waals surface area contributed by atoms with Crippen LogP contribution in [0.25, 0.3) is 0 Å². The Kier molecular flexibility index (Phi) is 4.80. The van der Waals surface area contributed by atoms with Gasteiger partial charge >= 0.3 is 0 Å². The van der Waals surface area contributed by atoms with Gasteiger partial charge in [-0.1, -0.05) is 18.5 Å². The van der Waals surface area contributed by atoms with Crippen LogP contribution >= 0.6 is 11.6 Å². The molecule has 1 rings (SSSR count). The maximum Gasteiger partial charge on any atom is 0.256 e. The zero-order valence-corrected chi connectivity index (χ0v) is 10.2. The first-order chi connectivity index (χ1) is 8.10. The highest BCUT2D eigenvalue weighted by atomic mass is 35.5. The van der Waals surface area contributed by atoms with E-state index in [1.54, 1.807) is 0 Å². The van der Waals surface area contributed by atoms with E-state index in [0.717, 1.165) is 6.42 Å². The molecule has 17 heavy (non-hydrogen) atoms. The van der Waals surface area contributed by atoms with Gasteiger partial charge in [0.05, 0.1) is 16.7 Å². The van der Waals surface area contributed by atoms with Gasteiger partial charge in [-0.25, -0.2) is 0 Å². The number of amides is 1. The summed E-state index contributed by atoms with van der Waals surface area (Å²) in [5, 5.41) is 18.3. The molecule has 0 spiro atoms. The molecular weight excluding hydrogens is 240 g/mol. The molecule has 4 nitrogen and oxygen atoms in total. The number of phenols is 1. The number of rotatable bonds is 4. The van der Waals surface area contributed by atoms with Crippen LogP contribution < -0.4 is 0 Å². The Labute approximate surface area is 105 Å². The number of halogens is 1. The minimum Gasteiger partial charge on any atom is -0.508 e. The second kappa shape index (κ2) is 6.12. The summed E-state index contributed by atoms with van der Waals surface area (Å²) < 4.78 is 0. The third-order valence-electron chi connectivity index (χ3n) is 2.22. The average molecular weight is 253 g/mol. The second-order valence-corrected chi connectivity index (χ2v) is 3.96. The Balaban J connectivity index is 3.00. The molecule has 0 saturated heterocycles. The molecule has 0 radical (unpaired) electrons. The monoisotopic (exact) mass is 252 g/mol. The fraction of sp³-hybridized carbons (Fsp3) is 0.333. The quantitative estimate of drug-likeness (QED) is 0.837. The smallest absolute Gasteiger partial charge is 0.256 e. The maximum atomic E-state index is 12.1. The molecule has 0 heterocycles. The minimum atomic E-state index is -0.339. The first-order valence-electron chi connectivity index (χ1n) is 5.25. The van der Waals surface area contributed by atoms with E-state index in [-0.39, 0.29) is 28.8 Å². The highest BCUT2D eigenvalue weighted by Crippen LogP contribution is 2.22. The van der Waals surface area contributed by atoms with Crippen molar-refractivity contribution < 1.29 is 9.90 Å². The zero-order valence-electron chi connectivity index (χ0n) is 9.48. The van der Waals surface area contributed by atoms with E-state index < -0.39 is 0 Å². The molecule has 1 amide bonds. The lowest BCUT2D eigenvalue weighted by atomic mass is 10.2. The van der Waals surface area contributed by atoms with E-state index in [4.69, 9.17) is 16.9 Å². The summed E-state index contributed by atoms with van der Waals surface area (Å²) in [7, 11) is 0. The average Bonchev–Trinajstić information content (AvgIpc) is 2.31. The van der Waals surface area contributed by atoms with Crippen molar-refractivity contribution in [3.63, 3.8) is 0 Å². The highest BCUT2D eigenvalue weighted by molar-refractivity contribution is 6.33. The molecule has 0 aliphatic carbocycles. The van der Waals surface area contributed by atoms with Crippen LogP contribution in [-0.2, 0) is 0 Å². The first-order valence-corrected chi connectivity index (χ1v) is 5.62. The predicted molar refractivity (Wildman–Crippen MR) is 64.9 cm³/mol. The number of carbonyl (C=O) groups excluding carboxylic acids is 1. The number of hydrogen-bond donors (Lipinski definition) is 1. The molecule has 0 fully saturated rings. The normalized spacial score (nSPS) is 9.71. The van der Waals surface area contributed by atoms with Crippen molar-refractivity contribution in [1.29, 1.82) is 5.26 Å². The Bertz CT molecular complexity index is 454. The molecule has 0 saturated carbocycles. The molecular formula is C12H13ClN2O2. The fourth-order valence-electron chi connectivity index (χ4n) is 1.46. The number of nitriles is 1. The van der Waals surface area contributed by atoms with Gasteiger partial charge in [0.25, 0.3) is 5.91 Å². The fourth-order valence-corrected chi connectivity index (χ4v) is 1.65. The topological polar surface area (TPSA) is 64.3 Å². The van der Waals surface area contributed by atoms with Crippen LogP contribution in [-0.4, -0.2) is 29.0 Å². The van der Waals surface area contributed by atoms with Gasteiger partial charge in [-0.3, -0.25) is 4.79 Å². The third-order valence-corrected chi connectivity index (χ3v) is 2.55. The summed E-state index contributed by atoms with van der Waals surface area (Å²) in [4.78, 5) is 13.5. The van der Waals surface area contributed by atoms with E-state index in [2.05, 4.69) is 0 Å². The Hall–Kier alpha value is -1.73. The number of hydrogen-bond acceptors (Lipinski definition) is 3. The molecule has 0 aliphatic rings. The lowest BCUT2D eigenvalue weighted by molar-refractivity contribution is 0.0776. The van der Waals surface area contributed by atoms with Crippen LogP contribution in [0.15, 0.2) is 18.2 Å². The van der Waals surface area contributed by atoms with Crippen molar-refractivity contribution >= 4 is 17.5 Å². The highest BCUT2D eigenvalue weighted by Gasteiger charge is 2.17. The molecule has 0 aliphatic heterocycles. The van der Waals surface area contributed by atoms with Crippen LogP contribution in [0.3, 0.4) is 0 Å². The Morgan fingerprint density at radius 1 is 1.59 bits per heavy atom. The zero-order chi connectivity index (χ0) is 12.8. The molecule has 1 aromatic carbocycles. The Morgan fingerprint density at radius 3 is 2.88 bits per heavy atom. The third kappa shape index (κ3) is 3.36. The van der Waals surface area contributed by atoms with Crippen molar-refractivity contribution in [3.8, 4) is 11.8 Å². The Morgan fingerprint density at radius 2 is 2.29 bits per heavy atom. The van der Waals surface area contributed by atoms with Gasteiger partial charge in [-0.05, 0) is 24.6 Å². The molecule has 0 atom stereocenters. The predicted octanol–water partition coefficient (Wildman–Crippen LogP) is 2.42. The summed E-state index contributed by atoms with van der Waals surface area (Å²) in [6.07, 6.45) is 0.754. The van der Waals surface area contributed by atoms with Crippen molar-refractivity contribution in [2.75, 3.05) is 13.1 Å². The summed E-state index contributed by atoms with van der Waals surface area (Å²) in [6.45, 7) is 2.42. The number of aromatic hydroxyl groups is 1. The summed E-state index contributed by atoms with van der Waals surface area (Å²) in [6, 6.07) is 6.12. The summed E-state index contributed by atoms with van der Waals surface area (Å²) in [5.74, 6) is -0.361. The van der Waals surface area contributed by atoms with Crippen molar-refractivity contribution in [2.45, 2.75) is 13.3 Å². The van der Waals surface area contributed by atoms with E-state index in [1.165, 1.54) is 23.1 Å². The van der Waals surface area contributed by atoms with Gasteiger partial charge in [0.2, 0.25) is 0 Å². The molecule has 0 bridgehead atoms. The molecule has 1 aromatic rings. The van der Waals surface area contributed by atoms with Gasteiger partial charge < -0.3 is 10.0 Å². The van der Waals surface area contributed by atoms with Crippen LogP contribution in [0.1, 0.15) is 23.7 Å². The van der Waals surface area contributed by atoms with Crippen LogP contribution in [0, 0.1) is 11.3 Å². The summed E-state index contributed by atoms with van der Waals surface area (Å²) >= 11 is 5.89. The van der Waals surface area contributed by atoms with Gasteiger partial charge in [0, 0.05) is 6.54 Å². The van der Waals surface area contributed by atoms with E-state index in [9.17, 15) is 9.90 Å². The minimum absolute atomic E-state index is 0.0126. The van der Waals surface area contributed by atoms with Gasteiger partial charge in [0.15, 0.2) is 0 Å². The number of carbonyl (C=O) groups is 1. The van der Waals surface area contributed by atoms with Crippen molar-refractivity contribution in [1.82, 2.24) is 4.90 Å². The van der Waals surface area contributed by atoms with Crippen LogP contribution in [0.4, 0.5) is 0 Å². The molecule has 1 N–H and O–H groups in total. The number of nitrogens with zero attached hydrogens (tertiary/aromatic N) is 2. The van der Waals surface area contributed by atoms with Crippen LogP contribution in [0.5, 0.6) is 5.75 Å². The molecule has 90 valence electrons. The van der Waals surface area contributed by atoms with Crippen molar-refractivity contribution in [2.24, 2.45) is 0 Å². The second-order valence-electron chi connectivity index (χ2n) is 3.55. The maximum absolute atomic E-state index is 12.1. The van der Waals surface area contributed by atoms with Crippen LogP contribution in [0.2, 0.25) is 5.02 Å². The van der Waals surface area contributed by atoms with E-state index in [0.29, 0.717) is 6.54 Å². The van der Waals surface area contributed by atoms with E-state index in [1.807, 2.05) is 13.0 Å². The first kappa shape index (κ1) is 13.3. The largest absolute Gasteiger partial charge is 0.508 e. The van der Waals surface area contributed by atoms with Gasteiger partial charge in [-0.15, -0.1) is 0 Å². The molecule has 5 heteroatoms. The number of benzene rings is 1. The van der Waals surface area contributed by atoms with Gasteiger partial charge in [-0.2, -0.15) is 5.26 Å². The standard InChI is InChI=1S/C12H13ClN2O2/c1-2-6-15(7-5-14)12(17)10-8-9(16)3-4-11(10)13/h3-4,8,16H,2,6-7H2,1H3. The lowest BCUT2D eigenvalue weighted by Crippen LogP contribution is -2.32. The molecule has 0 aromatic heterocycles. The molecule has 0 unspecified atom stereocenters. The van der Waals surface area contributed by atoms with E-state index >= 15 is 0 Å². The van der Waals surface area contributed by atoms with Crippen molar-refractivity contribution in [3.05, 3.63) is 28.8 Å². The van der Waals surface area contributed by atoms with Gasteiger partial charge in [0.1, 0.15) is 12.3 Å². The summed E-state index contributed by atoms with van der Waals surface area (Å²) in [5.41, 5.74) is 0.218. The lowest BCUT2D eigenvalue weighted by Gasteiger charge is -2.19.